The quantitative estimate of drug-likeness (QED) is 0.336. The number of benzene rings is 2. The maximum absolute atomic E-state index is 12.8. The summed E-state index contributed by atoms with van der Waals surface area (Å²) in [4.78, 5) is 27.7. The molecule has 0 aliphatic carbocycles. The van der Waals surface area contributed by atoms with E-state index in [1.165, 1.54) is 18.3 Å². The second-order valence-electron chi connectivity index (χ2n) is 7.33. The second-order valence-corrected chi connectivity index (χ2v) is 7.33. The highest BCUT2D eigenvalue weighted by Gasteiger charge is 2.15. The third-order valence-electron chi connectivity index (χ3n) is 5.23. The van der Waals surface area contributed by atoms with Gasteiger partial charge >= 0.3 is 0 Å². The Balaban J connectivity index is 1.58. The molecule has 0 spiro atoms. The van der Waals surface area contributed by atoms with Gasteiger partial charge in [0.05, 0.1) is 43.1 Å². The van der Waals surface area contributed by atoms with Crippen LogP contribution in [0.15, 0.2) is 54.9 Å². The van der Waals surface area contributed by atoms with Gasteiger partial charge in [-0.2, -0.15) is 5.10 Å². The zero-order valence-electron chi connectivity index (χ0n) is 18.2. The van der Waals surface area contributed by atoms with Crippen LogP contribution < -0.4 is 14.8 Å². The average Bonchev–Trinajstić information content (AvgIpc) is 3.22. The van der Waals surface area contributed by atoms with E-state index < -0.39 is 10.8 Å². The van der Waals surface area contributed by atoms with Crippen molar-refractivity contribution in [3.8, 4) is 11.5 Å². The van der Waals surface area contributed by atoms with Crippen molar-refractivity contribution in [2.75, 3.05) is 19.5 Å². The molecule has 0 unspecified atom stereocenters. The van der Waals surface area contributed by atoms with Gasteiger partial charge in [0.25, 0.3) is 11.6 Å². The van der Waals surface area contributed by atoms with Gasteiger partial charge in [-0.3, -0.25) is 14.9 Å². The van der Waals surface area contributed by atoms with Crippen LogP contribution in [0.3, 0.4) is 0 Å². The molecule has 0 aliphatic rings. The van der Waals surface area contributed by atoms with E-state index in [1.54, 1.807) is 50.2 Å². The highest BCUT2D eigenvalue weighted by molar-refractivity contribution is 6.06. The topological polar surface area (TPSA) is 121 Å². The van der Waals surface area contributed by atoms with Crippen molar-refractivity contribution in [2.45, 2.75) is 13.5 Å². The van der Waals surface area contributed by atoms with Gasteiger partial charge in [0.2, 0.25) is 0 Å². The number of aromatic nitrogens is 3. The summed E-state index contributed by atoms with van der Waals surface area (Å²) >= 11 is 0. The highest BCUT2D eigenvalue weighted by atomic mass is 16.6. The van der Waals surface area contributed by atoms with E-state index in [4.69, 9.17) is 9.47 Å². The van der Waals surface area contributed by atoms with E-state index >= 15 is 0 Å². The lowest BCUT2D eigenvalue weighted by molar-refractivity contribution is -0.384. The molecular formula is C23H21N5O5. The Morgan fingerprint density at radius 3 is 2.67 bits per heavy atom. The summed E-state index contributed by atoms with van der Waals surface area (Å²) in [6, 6.07) is 11.5. The van der Waals surface area contributed by atoms with Crippen LogP contribution in [0.5, 0.6) is 11.5 Å². The van der Waals surface area contributed by atoms with Crippen LogP contribution in [0.1, 0.15) is 21.5 Å². The first-order valence-electron chi connectivity index (χ1n) is 9.98. The van der Waals surface area contributed by atoms with Gasteiger partial charge in [0, 0.05) is 35.3 Å². The zero-order valence-corrected chi connectivity index (χ0v) is 18.2. The average molecular weight is 447 g/mol. The molecule has 2 aromatic carbocycles. The largest absolute Gasteiger partial charge is 0.497 e. The number of pyridine rings is 1. The lowest BCUT2D eigenvalue weighted by atomic mass is 10.1. The molecule has 10 nitrogen and oxygen atoms in total. The number of ether oxygens (including phenoxy) is 2. The van der Waals surface area contributed by atoms with Crippen molar-refractivity contribution in [2.24, 2.45) is 0 Å². The van der Waals surface area contributed by atoms with Gasteiger partial charge in [-0.1, -0.05) is 6.07 Å². The molecule has 0 bridgehead atoms. The Kier molecular flexibility index (Phi) is 5.90. The Morgan fingerprint density at radius 1 is 1.12 bits per heavy atom. The lowest BCUT2D eigenvalue weighted by Gasteiger charge is -2.11. The molecule has 0 saturated carbocycles. The molecule has 168 valence electrons. The number of hydrogen-bond acceptors (Lipinski definition) is 7. The van der Waals surface area contributed by atoms with Crippen molar-refractivity contribution in [1.82, 2.24) is 14.8 Å². The summed E-state index contributed by atoms with van der Waals surface area (Å²) in [7, 11) is 3.18. The minimum atomic E-state index is -0.505. The molecule has 4 rings (SSSR count). The number of rotatable bonds is 7. The molecule has 2 heterocycles. The molecule has 0 aliphatic heterocycles. The molecule has 1 amide bonds. The maximum Gasteiger partial charge on any atom is 0.271 e. The summed E-state index contributed by atoms with van der Waals surface area (Å²) < 4.78 is 12.4. The molecule has 10 heteroatoms. The molecule has 33 heavy (non-hydrogen) atoms. The van der Waals surface area contributed by atoms with Crippen LogP contribution >= 0.6 is 0 Å². The number of nitro groups is 1. The van der Waals surface area contributed by atoms with Gasteiger partial charge in [-0.05, 0) is 30.7 Å². The van der Waals surface area contributed by atoms with Crippen LogP contribution in [0, 0.1) is 17.0 Å². The van der Waals surface area contributed by atoms with Crippen molar-refractivity contribution in [1.29, 1.82) is 0 Å². The number of carbonyl (C=O) groups is 1. The summed E-state index contributed by atoms with van der Waals surface area (Å²) in [5, 5.41) is 18.8. The molecular weight excluding hydrogens is 426 g/mol. The number of carbonyl (C=O) groups excluding carboxylic acids is 1. The van der Waals surface area contributed by atoms with E-state index in [0.29, 0.717) is 45.9 Å². The third-order valence-corrected chi connectivity index (χ3v) is 5.23. The number of nitro benzene ring substituents is 1. The van der Waals surface area contributed by atoms with Gasteiger partial charge in [0.15, 0.2) is 5.65 Å². The molecule has 1 N–H and O–H groups in total. The van der Waals surface area contributed by atoms with E-state index in [-0.39, 0.29) is 5.69 Å². The van der Waals surface area contributed by atoms with E-state index in [1.807, 2.05) is 12.1 Å². The zero-order chi connectivity index (χ0) is 23.5. The number of anilines is 1. The van der Waals surface area contributed by atoms with E-state index in [9.17, 15) is 14.9 Å². The summed E-state index contributed by atoms with van der Waals surface area (Å²) in [5.74, 6) is 0.938. The van der Waals surface area contributed by atoms with Crippen LogP contribution in [-0.2, 0) is 6.54 Å². The molecule has 0 radical (unpaired) electrons. The standard InChI is InChI=1S/C23H21N5O5/c1-14-4-6-18(28(30)31)9-20(14)26-23(29)17-8-16-12-25-27(22(16)24-11-17)13-15-5-7-19(32-2)10-21(15)33-3/h4-12H,13H2,1-3H3,(H,26,29). The van der Waals surface area contributed by atoms with Crippen molar-refractivity contribution < 1.29 is 19.2 Å². The Labute approximate surface area is 188 Å². The van der Waals surface area contributed by atoms with Gasteiger partial charge in [0.1, 0.15) is 11.5 Å². The number of fused-ring (bicyclic) bond motifs is 1. The minimum Gasteiger partial charge on any atom is -0.497 e. The Bertz CT molecular complexity index is 1360. The smallest absolute Gasteiger partial charge is 0.271 e. The van der Waals surface area contributed by atoms with Crippen molar-refractivity contribution in [3.63, 3.8) is 0 Å². The predicted octanol–water partition coefficient (Wildman–Crippen LogP) is 3.97. The van der Waals surface area contributed by atoms with Gasteiger partial charge in [-0.25, -0.2) is 9.67 Å². The van der Waals surface area contributed by atoms with Crippen LogP contribution in [0.4, 0.5) is 11.4 Å². The number of methoxy groups -OCH3 is 2. The number of nitrogens with zero attached hydrogens (tertiary/aromatic N) is 4. The van der Waals surface area contributed by atoms with Crippen LogP contribution in [0.25, 0.3) is 11.0 Å². The summed E-state index contributed by atoms with van der Waals surface area (Å²) in [5.41, 5.74) is 2.81. The number of amides is 1. The molecule has 0 saturated heterocycles. The number of non-ortho nitro benzene ring substituents is 1. The first-order valence-corrected chi connectivity index (χ1v) is 9.98. The Hall–Kier alpha value is -4.47. The summed E-state index contributed by atoms with van der Waals surface area (Å²) in [6.07, 6.45) is 3.08. The van der Waals surface area contributed by atoms with Gasteiger partial charge < -0.3 is 14.8 Å². The SMILES string of the molecule is COc1ccc(Cn2ncc3cc(C(=O)Nc4cc([N+](=O)[O-])ccc4C)cnc32)c(OC)c1. The molecule has 2 aromatic heterocycles. The van der Waals surface area contributed by atoms with E-state index in [2.05, 4.69) is 15.4 Å². The molecule has 0 fully saturated rings. The maximum atomic E-state index is 12.8. The first-order chi connectivity index (χ1) is 15.9. The molecule has 0 atom stereocenters. The number of nitrogens with one attached hydrogen (secondary N) is 1. The number of hydrogen-bond donors (Lipinski definition) is 1. The Morgan fingerprint density at radius 2 is 1.94 bits per heavy atom. The minimum absolute atomic E-state index is 0.0975. The second kappa shape index (κ2) is 8.95. The summed E-state index contributed by atoms with van der Waals surface area (Å²) in [6.45, 7) is 2.18. The first kappa shape index (κ1) is 21.8. The van der Waals surface area contributed by atoms with Crippen LogP contribution in [-0.4, -0.2) is 39.8 Å². The van der Waals surface area contributed by atoms with E-state index in [0.717, 1.165) is 5.56 Å². The normalized spacial score (nSPS) is 10.8. The fourth-order valence-corrected chi connectivity index (χ4v) is 3.41. The third kappa shape index (κ3) is 4.45. The monoisotopic (exact) mass is 447 g/mol. The lowest BCUT2D eigenvalue weighted by Crippen LogP contribution is -2.13. The highest BCUT2D eigenvalue weighted by Crippen LogP contribution is 2.26. The van der Waals surface area contributed by atoms with Crippen molar-refractivity contribution >= 4 is 28.3 Å². The number of aryl methyl sites for hydroxylation is 1. The predicted molar refractivity (Wildman–Crippen MR) is 122 cm³/mol. The van der Waals surface area contributed by atoms with Gasteiger partial charge in [-0.15, -0.1) is 0 Å². The van der Waals surface area contributed by atoms with Crippen molar-refractivity contribution in [3.05, 3.63) is 81.7 Å². The fraction of sp³-hybridized carbons (Fsp3) is 0.174. The van der Waals surface area contributed by atoms with Crippen LogP contribution in [0.2, 0.25) is 0 Å². The molecule has 4 aromatic rings. The fourth-order valence-electron chi connectivity index (χ4n) is 3.41.